The lowest BCUT2D eigenvalue weighted by molar-refractivity contribution is -0.0260. The predicted octanol–water partition coefficient (Wildman–Crippen LogP) is 6.23. The molecule has 2 unspecified atom stereocenters. The molecule has 28 heavy (non-hydrogen) atoms. The summed E-state index contributed by atoms with van der Waals surface area (Å²) in [6, 6.07) is 7.63. The molecule has 0 amide bonds. The number of hydrogen-bond donors (Lipinski definition) is 0. The van der Waals surface area contributed by atoms with Crippen LogP contribution in [-0.4, -0.2) is 20.3 Å². The molecule has 0 saturated carbocycles. The van der Waals surface area contributed by atoms with Crippen LogP contribution in [0.1, 0.15) is 49.8 Å². The molecule has 1 aliphatic rings. The lowest BCUT2D eigenvalue weighted by Crippen LogP contribution is -2.22. The fourth-order valence-corrected chi connectivity index (χ4v) is 3.79. The van der Waals surface area contributed by atoms with E-state index >= 15 is 0 Å². The van der Waals surface area contributed by atoms with Gasteiger partial charge in [0.2, 0.25) is 0 Å². The first-order valence-electron chi connectivity index (χ1n) is 9.92. The number of ether oxygens (including phenoxy) is 2. The van der Waals surface area contributed by atoms with Crippen LogP contribution in [0.5, 0.6) is 0 Å². The van der Waals surface area contributed by atoms with E-state index in [2.05, 4.69) is 0 Å². The molecule has 0 bridgehead atoms. The third kappa shape index (κ3) is 4.58. The van der Waals surface area contributed by atoms with Gasteiger partial charge in [0.25, 0.3) is 0 Å². The maximum Gasteiger partial charge on any atom is 0.166 e. The van der Waals surface area contributed by atoms with E-state index in [0.29, 0.717) is 42.2 Å². The van der Waals surface area contributed by atoms with Crippen molar-refractivity contribution in [2.45, 2.75) is 45.1 Å². The van der Waals surface area contributed by atoms with Gasteiger partial charge in [0, 0.05) is 24.8 Å². The van der Waals surface area contributed by atoms with Crippen molar-refractivity contribution in [1.82, 2.24) is 0 Å². The molecule has 0 aromatic heterocycles. The largest absolute Gasteiger partial charge is 0.385 e. The molecule has 0 radical (unpaired) electrons. The minimum atomic E-state index is -0.923. The Morgan fingerprint density at radius 3 is 2.54 bits per heavy atom. The smallest absolute Gasteiger partial charge is 0.166 e. The molecule has 0 aliphatic carbocycles. The number of benzene rings is 2. The maximum atomic E-state index is 14.7. The molecule has 1 fully saturated rings. The van der Waals surface area contributed by atoms with Gasteiger partial charge in [-0.3, -0.25) is 0 Å². The molecule has 5 heteroatoms. The van der Waals surface area contributed by atoms with Gasteiger partial charge in [0.15, 0.2) is 11.6 Å². The third-order valence-corrected chi connectivity index (χ3v) is 5.44. The second-order valence-corrected chi connectivity index (χ2v) is 7.43. The van der Waals surface area contributed by atoms with Gasteiger partial charge >= 0.3 is 0 Å². The van der Waals surface area contributed by atoms with Crippen molar-refractivity contribution in [2.75, 3.05) is 20.3 Å². The maximum absolute atomic E-state index is 14.7. The van der Waals surface area contributed by atoms with E-state index in [1.54, 1.807) is 25.3 Å². The average Bonchev–Trinajstić information content (AvgIpc) is 2.70. The number of aryl methyl sites for hydroxylation is 1. The molecule has 2 aromatic rings. The zero-order chi connectivity index (χ0) is 20.1. The van der Waals surface area contributed by atoms with Crippen molar-refractivity contribution in [3.05, 3.63) is 58.9 Å². The third-order valence-electron chi connectivity index (χ3n) is 5.44. The Bertz CT molecular complexity index is 799. The summed E-state index contributed by atoms with van der Waals surface area (Å²) in [5, 5.41) is 0. The Balaban J connectivity index is 1.76. The van der Waals surface area contributed by atoms with Crippen molar-refractivity contribution in [3.8, 4) is 11.1 Å². The fraction of sp³-hybridized carbons (Fsp3) is 0.478. The molecular formula is C23H27F3O2. The highest BCUT2D eigenvalue weighted by Crippen LogP contribution is 2.35. The van der Waals surface area contributed by atoms with E-state index < -0.39 is 17.5 Å². The van der Waals surface area contributed by atoms with Gasteiger partial charge in [-0.05, 0) is 48.8 Å². The minimum absolute atomic E-state index is 0.0759. The quantitative estimate of drug-likeness (QED) is 0.556. The van der Waals surface area contributed by atoms with E-state index in [0.717, 1.165) is 25.7 Å². The summed E-state index contributed by atoms with van der Waals surface area (Å²) >= 11 is 0. The van der Waals surface area contributed by atoms with Crippen molar-refractivity contribution < 1.29 is 22.6 Å². The van der Waals surface area contributed by atoms with Crippen LogP contribution in [0, 0.1) is 23.4 Å². The van der Waals surface area contributed by atoms with Crippen LogP contribution >= 0.6 is 0 Å². The van der Waals surface area contributed by atoms with E-state index in [-0.39, 0.29) is 11.7 Å². The molecule has 1 saturated heterocycles. The van der Waals surface area contributed by atoms with Crippen LogP contribution in [0.4, 0.5) is 13.2 Å². The summed E-state index contributed by atoms with van der Waals surface area (Å²) in [4.78, 5) is 0. The summed E-state index contributed by atoms with van der Waals surface area (Å²) in [6.45, 7) is 3.18. The van der Waals surface area contributed by atoms with Crippen LogP contribution in [0.15, 0.2) is 30.3 Å². The molecule has 1 heterocycles. The summed E-state index contributed by atoms with van der Waals surface area (Å²) in [6.07, 6.45) is 3.52. The normalized spacial score (nSPS) is 19.8. The fourth-order valence-electron chi connectivity index (χ4n) is 3.79. The zero-order valence-corrected chi connectivity index (χ0v) is 16.4. The van der Waals surface area contributed by atoms with Gasteiger partial charge in [0.05, 0.1) is 12.7 Å². The molecule has 0 N–H and O–H groups in total. The van der Waals surface area contributed by atoms with Crippen LogP contribution in [0.2, 0.25) is 0 Å². The minimum Gasteiger partial charge on any atom is -0.385 e. The average molecular weight is 392 g/mol. The molecule has 2 atom stereocenters. The Morgan fingerprint density at radius 1 is 1.07 bits per heavy atom. The Morgan fingerprint density at radius 2 is 1.89 bits per heavy atom. The van der Waals surface area contributed by atoms with Gasteiger partial charge in [-0.1, -0.05) is 37.6 Å². The number of hydrogen-bond acceptors (Lipinski definition) is 2. The lowest BCUT2D eigenvalue weighted by Gasteiger charge is -2.29. The van der Waals surface area contributed by atoms with Gasteiger partial charge in [-0.25, -0.2) is 13.2 Å². The zero-order valence-electron chi connectivity index (χ0n) is 16.4. The first-order valence-corrected chi connectivity index (χ1v) is 9.92. The molecule has 2 nitrogen and oxygen atoms in total. The molecule has 3 rings (SSSR count). The van der Waals surface area contributed by atoms with Crippen molar-refractivity contribution in [1.29, 1.82) is 0 Å². The highest BCUT2D eigenvalue weighted by molar-refractivity contribution is 5.65. The first kappa shape index (κ1) is 20.9. The van der Waals surface area contributed by atoms with Crippen LogP contribution in [-0.2, 0) is 15.9 Å². The highest BCUT2D eigenvalue weighted by atomic mass is 19.2. The molecule has 2 aromatic carbocycles. The predicted molar refractivity (Wildman–Crippen MR) is 104 cm³/mol. The van der Waals surface area contributed by atoms with E-state index in [1.165, 1.54) is 12.1 Å². The Kier molecular flexibility index (Phi) is 7.13. The van der Waals surface area contributed by atoms with Gasteiger partial charge in [-0.2, -0.15) is 0 Å². The standard InChI is InChI=1S/C23H27F3O2/c1-3-4-16-6-8-18(23(26)22(16)25)17-7-9-19(20(24)13-17)21-10-5-15(14-28-21)11-12-27-2/h6-9,13,15,21H,3-5,10-12,14H2,1-2H3. The van der Waals surface area contributed by atoms with Crippen LogP contribution < -0.4 is 0 Å². The first-order chi connectivity index (χ1) is 13.5. The van der Waals surface area contributed by atoms with Crippen molar-refractivity contribution in [3.63, 3.8) is 0 Å². The van der Waals surface area contributed by atoms with Gasteiger partial charge < -0.3 is 9.47 Å². The Labute approximate surface area is 164 Å². The second kappa shape index (κ2) is 9.57. The molecule has 0 spiro atoms. The van der Waals surface area contributed by atoms with Crippen molar-refractivity contribution in [2.24, 2.45) is 5.92 Å². The molecule has 152 valence electrons. The SMILES string of the molecule is CCCc1ccc(-c2ccc(C3CCC(CCOC)CO3)c(F)c2)c(F)c1F. The number of halogens is 3. The summed E-state index contributed by atoms with van der Waals surface area (Å²) in [5.41, 5.74) is 1.22. The summed E-state index contributed by atoms with van der Waals surface area (Å²) in [7, 11) is 1.68. The Hall–Kier alpha value is -1.85. The molecule has 1 aliphatic heterocycles. The molecular weight excluding hydrogens is 365 g/mol. The number of methoxy groups -OCH3 is 1. The highest BCUT2D eigenvalue weighted by Gasteiger charge is 2.25. The van der Waals surface area contributed by atoms with Gasteiger partial charge in [-0.15, -0.1) is 0 Å². The monoisotopic (exact) mass is 392 g/mol. The van der Waals surface area contributed by atoms with Crippen LogP contribution in [0.3, 0.4) is 0 Å². The van der Waals surface area contributed by atoms with E-state index in [4.69, 9.17) is 9.47 Å². The number of rotatable bonds is 7. The van der Waals surface area contributed by atoms with E-state index in [9.17, 15) is 13.2 Å². The van der Waals surface area contributed by atoms with Crippen molar-refractivity contribution >= 4 is 0 Å². The second-order valence-electron chi connectivity index (χ2n) is 7.43. The summed E-state index contributed by atoms with van der Waals surface area (Å²) < 4.78 is 54.4. The summed E-state index contributed by atoms with van der Waals surface area (Å²) in [5.74, 6) is -1.79. The van der Waals surface area contributed by atoms with Gasteiger partial charge in [0.1, 0.15) is 5.82 Å². The van der Waals surface area contributed by atoms with Crippen LogP contribution in [0.25, 0.3) is 11.1 Å². The lowest BCUT2D eigenvalue weighted by atomic mass is 9.91. The van der Waals surface area contributed by atoms with E-state index in [1.807, 2.05) is 6.92 Å². The topological polar surface area (TPSA) is 18.5 Å².